The van der Waals surface area contributed by atoms with Crippen LogP contribution in [-0.2, 0) is 0 Å². The molecular weight excluding hydrogens is 196 g/mol. The summed E-state index contributed by atoms with van der Waals surface area (Å²) in [5.41, 5.74) is 0.932. The highest BCUT2D eigenvalue weighted by molar-refractivity contribution is 5.74. The Hall–Kier alpha value is -1.51. The number of nitrogens with zero attached hydrogens (tertiary/aromatic N) is 1. The van der Waals surface area contributed by atoms with Crippen LogP contribution in [0.5, 0.6) is 0 Å². The van der Waals surface area contributed by atoms with Gasteiger partial charge in [-0.15, -0.1) is 0 Å². The van der Waals surface area contributed by atoms with Crippen molar-refractivity contribution in [3.63, 3.8) is 0 Å². The predicted molar refractivity (Wildman–Crippen MR) is 55.5 cm³/mol. The van der Waals surface area contributed by atoms with E-state index in [1.54, 1.807) is 24.4 Å². The quantitative estimate of drug-likeness (QED) is 0.688. The first-order valence-corrected chi connectivity index (χ1v) is 4.83. The molecule has 2 atom stereocenters. The molecule has 0 saturated carbocycles. The van der Waals surface area contributed by atoms with E-state index in [-0.39, 0.29) is 0 Å². The molecule has 0 aliphatic heterocycles. The fourth-order valence-electron chi connectivity index (χ4n) is 1.55. The maximum absolute atomic E-state index is 13.7. The zero-order valence-electron chi connectivity index (χ0n) is 8.32. The lowest BCUT2D eigenvalue weighted by atomic mass is 9.93. The lowest BCUT2D eigenvalue weighted by molar-refractivity contribution is 0.293. The van der Waals surface area contributed by atoms with Gasteiger partial charge in [0.15, 0.2) is 0 Å². The third kappa shape index (κ3) is 1.82. The molecule has 1 aliphatic rings. The third-order valence-electron chi connectivity index (χ3n) is 2.52. The second-order valence-corrected chi connectivity index (χ2v) is 3.57. The van der Waals surface area contributed by atoms with Gasteiger partial charge in [0, 0.05) is 17.7 Å². The Morgan fingerprint density at radius 1 is 1.33 bits per heavy atom. The second-order valence-electron chi connectivity index (χ2n) is 3.57. The van der Waals surface area contributed by atoms with Crippen LogP contribution >= 0.6 is 0 Å². The fraction of sp³-hybridized carbons (Fsp3) is 0.250. The molecule has 0 aromatic carbocycles. The molecule has 78 valence electrons. The molecule has 0 amide bonds. The summed E-state index contributed by atoms with van der Waals surface area (Å²) < 4.78 is 26.9. The van der Waals surface area contributed by atoms with Crippen molar-refractivity contribution in [2.24, 2.45) is 5.92 Å². The highest BCUT2D eigenvalue weighted by atomic mass is 19.1. The summed E-state index contributed by atoms with van der Waals surface area (Å²) in [7, 11) is 0. The van der Waals surface area contributed by atoms with E-state index in [2.05, 4.69) is 4.98 Å². The van der Waals surface area contributed by atoms with Gasteiger partial charge >= 0.3 is 0 Å². The Kier molecular flexibility index (Phi) is 2.62. The molecule has 0 saturated heterocycles. The maximum atomic E-state index is 13.7. The van der Waals surface area contributed by atoms with Gasteiger partial charge in [-0.1, -0.05) is 19.1 Å². The van der Waals surface area contributed by atoms with Crippen LogP contribution in [0.4, 0.5) is 8.78 Å². The largest absolute Gasteiger partial charge is 0.256 e. The molecule has 0 fully saturated rings. The van der Waals surface area contributed by atoms with Crippen LogP contribution < -0.4 is 0 Å². The molecule has 0 radical (unpaired) electrons. The molecular formula is C12H11F2N. The Morgan fingerprint density at radius 3 is 2.80 bits per heavy atom. The Morgan fingerprint density at radius 2 is 2.13 bits per heavy atom. The van der Waals surface area contributed by atoms with E-state index in [9.17, 15) is 8.78 Å². The predicted octanol–water partition coefficient (Wildman–Crippen LogP) is 3.31. The monoisotopic (exact) mass is 207 g/mol. The highest BCUT2D eigenvalue weighted by Gasteiger charge is 2.25. The van der Waals surface area contributed by atoms with Crippen LogP contribution in [0, 0.1) is 5.92 Å². The number of hydrogen-bond donors (Lipinski definition) is 0. The maximum Gasteiger partial charge on any atom is 0.127 e. The molecule has 0 bridgehead atoms. The van der Waals surface area contributed by atoms with E-state index in [1.165, 1.54) is 19.1 Å². The summed E-state index contributed by atoms with van der Waals surface area (Å²) in [6.45, 7) is 1.53. The zero-order valence-corrected chi connectivity index (χ0v) is 8.32. The van der Waals surface area contributed by atoms with Crippen molar-refractivity contribution in [1.29, 1.82) is 0 Å². The number of pyridine rings is 1. The molecule has 15 heavy (non-hydrogen) atoms. The van der Waals surface area contributed by atoms with E-state index in [0.29, 0.717) is 11.3 Å². The molecule has 1 aliphatic carbocycles. The van der Waals surface area contributed by atoms with Crippen LogP contribution in [0.15, 0.2) is 42.4 Å². The van der Waals surface area contributed by atoms with Crippen molar-refractivity contribution >= 4 is 5.57 Å². The van der Waals surface area contributed by atoms with E-state index in [1.807, 2.05) is 0 Å². The van der Waals surface area contributed by atoms with Crippen molar-refractivity contribution in [2.45, 2.75) is 13.1 Å². The molecule has 2 rings (SSSR count). The molecule has 0 N–H and O–H groups in total. The lowest BCUT2D eigenvalue weighted by Crippen LogP contribution is -2.15. The Labute approximate surface area is 87.2 Å². The van der Waals surface area contributed by atoms with E-state index < -0.39 is 17.9 Å². The lowest BCUT2D eigenvalue weighted by Gasteiger charge is -2.18. The minimum atomic E-state index is -1.24. The smallest absolute Gasteiger partial charge is 0.127 e. The molecule has 0 spiro atoms. The number of hydrogen-bond acceptors (Lipinski definition) is 1. The number of alkyl halides is 1. The Bertz CT molecular complexity index is 409. The van der Waals surface area contributed by atoms with Crippen molar-refractivity contribution in [1.82, 2.24) is 4.98 Å². The standard InChI is InChI=1S/C12H11F2N/c1-8-10(13)6-5-9(12(8)14)11-4-2-3-7-15-11/h2-8,10H,1H3. The second kappa shape index (κ2) is 3.93. The normalized spacial score (nSPS) is 25.8. The molecule has 1 nitrogen and oxygen atoms in total. The highest BCUT2D eigenvalue weighted by Crippen LogP contribution is 2.32. The number of halogens is 2. The summed E-state index contributed by atoms with van der Waals surface area (Å²) in [6, 6.07) is 5.25. The van der Waals surface area contributed by atoms with Crippen molar-refractivity contribution in [2.75, 3.05) is 0 Å². The SMILES string of the molecule is CC1C(F)=C(c2ccccn2)C=CC1F. The first-order chi connectivity index (χ1) is 7.20. The minimum Gasteiger partial charge on any atom is -0.256 e. The van der Waals surface area contributed by atoms with Gasteiger partial charge < -0.3 is 0 Å². The van der Waals surface area contributed by atoms with Crippen molar-refractivity contribution in [3.05, 3.63) is 48.1 Å². The van der Waals surface area contributed by atoms with Gasteiger partial charge in [-0.2, -0.15) is 0 Å². The molecule has 1 aromatic heterocycles. The van der Waals surface area contributed by atoms with Crippen LogP contribution in [0.3, 0.4) is 0 Å². The summed E-state index contributed by atoms with van der Waals surface area (Å²) in [5.74, 6) is -1.14. The van der Waals surface area contributed by atoms with Crippen molar-refractivity contribution < 1.29 is 8.78 Å². The van der Waals surface area contributed by atoms with Gasteiger partial charge in [0.1, 0.15) is 12.0 Å². The molecule has 2 unspecified atom stereocenters. The average Bonchev–Trinajstić information content (AvgIpc) is 2.27. The number of rotatable bonds is 1. The fourth-order valence-corrected chi connectivity index (χ4v) is 1.55. The first-order valence-electron chi connectivity index (χ1n) is 4.83. The molecule has 1 heterocycles. The number of allylic oxidation sites excluding steroid dienone is 4. The van der Waals surface area contributed by atoms with Gasteiger partial charge in [-0.05, 0) is 18.2 Å². The van der Waals surface area contributed by atoms with E-state index in [4.69, 9.17) is 0 Å². The summed E-state index contributed by atoms with van der Waals surface area (Å²) in [5, 5.41) is 0. The Balaban J connectivity index is 2.43. The van der Waals surface area contributed by atoms with Gasteiger partial charge in [-0.25, -0.2) is 8.78 Å². The third-order valence-corrected chi connectivity index (χ3v) is 2.52. The van der Waals surface area contributed by atoms with Crippen LogP contribution in [0.1, 0.15) is 12.6 Å². The summed E-state index contributed by atoms with van der Waals surface area (Å²) in [6.07, 6.45) is 3.19. The van der Waals surface area contributed by atoms with E-state index >= 15 is 0 Å². The summed E-state index contributed by atoms with van der Waals surface area (Å²) in [4.78, 5) is 4.04. The first kappa shape index (κ1) is 10.0. The summed E-state index contributed by atoms with van der Waals surface area (Å²) >= 11 is 0. The van der Waals surface area contributed by atoms with Gasteiger partial charge in [0.05, 0.1) is 5.69 Å². The van der Waals surface area contributed by atoms with Gasteiger partial charge in [-0.3, -0.25) is 4.98 Å². The topological polar surface area (TPSA) is 12.9 Å². The van der Waals surface area contributed by atoms with Crippen LogP contribution in [-0.4, -0.2) is 11.2 Å². The van der Waals surface area contributed by atoms with Crippen molar-refractivity contribution in [3.8, 4) is 0 Å². The van der Waals surface area contributed by atoms with Crippen LogP contribution in [0.25, 0.3) is 5.57 Å². The van der Waals surface area contributed by atoms with Gasteiger partial charge in [0.25, 0.3) is 0 Å². The molecule has 1 aromatic rings. The van der Waals surface area contributed by atoms with Gasteiger partial charge in [0.2, 0.25) is 0 Å². The van der Waals surface area contributed by atoms with Crippen LogP contribution in [0.2, 0.25) is 0 Å². The number of aromatic nitrogens is 1. The minimum absolute atomic E-state index is 0.386. The zero-order chi connectivity index (χ0) is 10.8. The molecule has 3 heteroatoms. The average molecular weight is 207 g/mol. The van der Waals surface area contributed by atoms with E-state index in [0.717, 1.165) is 0 Å².